The van der Waals surface area contributed by atoms with Gasteiger partial charge in [0, 0.05) is 56.5 Å². The average molecular weight is 471 g/mol. The van der Waals surface area contributed by atoms with Gasteiger partial charge in [-0.25, -0.2) is 8.78 Å². The van der Waals surface area contributed by atoms with Crippen LogP contribution in [-0.2, 0) is 10.4 Å². The number of carbonyl (C=O) groups is 1. The monoisotopic (exact) mass is 470 g/mol. The molecule has 2 aromatic carbocycles. The zero-order valence-corrected chi connectivity index (χ0v) is 20.5. The van der Waals surface area contributed by atoms with Crippen LogP contribution in [0.4, 0.5) is 8.78 Å². The fraction of sp³-hybridized carbons (Fsp3) is 0.536. The van der Waals surface area contributed by atoms with Crippen molar-refractivity contribution >= 4 is 5.91 Å². The average Bonchev–Trinajstić information content (AvgIpc) is 3.19. The molecule has 2 aliphatic heterocycles. The first-order valence-electron chi connectivity index (χ1n) is 12.3. The number of halogens is 2. The first-order chi connectivity index (χ1) is 16.1. The molecule has 6 heteroatoms. The van der Waals surface area contributed by atoms with Gasteiger partial charge in [-0.15, -0.1) is 0 Å². The third kappa shape index (κ3) is 4.63. The molecular formula is C28H36F2N2O2. The van der Waals surface area contributed by atoms with Crippen molar-refractivity contribution in [2.75, 3.05) is 32.7 Å². The second kappa shape index (κ2) is 9.74. The lowest BCUT2D eigenvalue weighted by Crippen LogP contribution is -2.57. The van der Waals surface area contributed by atoms with Crippen LogP contribution in [0, 0.1) is 35.3 Å². The number of likely N-dealkylation sites (tertiary alicyclic amines) is 2. The van der Waals surface area contributed by atoms with Gasteiger partial charge in [0.2, 0.25) is 5.91 Å². The Kier molecular flexibility index (Phi) is 7.11. The molecule has 2 saturated heterocycles. The molecule has 0 aromatic heterocycles. The number of benzene rings is 2. The van der Waals surface area contributed by atoms with E-state index in [1.165, 1.54) is 12.1 Å². The molecule has 2 aliphatic rings. The summed E-state index contributed by atoms with van der Waals surface area (Å²) in [6.07, 6.45) is 0. The number of rotatable bonds is 5. The van der Waals surface area contributed by atoms with Crippen LogP contribution < -0.4 is 0 Å². The number of nitrogens with zero attached hydrogens (tertiary/aromatic N) is 2. The van der Waals surface area contributed by atoms with Crippen LogP contribution in [-0.4, -0.2) is 53.5 Å². The molecule has 0 radical (unpaired) electrons. The van der Waals surface area contributed by atoms with E-state index in [9.17, 15) is 18.7 Å². The van der Waals surface area contributed by atoms with Crippen LogP contribution in [0.25, 0.3) is 0 Å². The van der Waals surface area contributed by atoms with Crippen LogP contribution in [0.2, 0.25) is 0 Å². The van der Waals surface area contributed by atoms with E-state index in [-0.39, 0.29) is 23.7 Å². The summed E-state index contributed by atoms with van der Waals surface area (Å²) in [6, 6.07) is 13.3. The van der Waals surface area contributed by atoms with Crippen LogP contribution >= 0.6 is 0 Å². The van der Waals surface area contributed by atoms with E-state index in [0.29, 0.717) is 37.7 Å². The van der Waals surface area contributed by atoms with Gasteiger partial charge < -0.3 is 14.9 Å². The highest BCUT2D eigenvalue weighted by Gasteiger charge is 2.49. The lowest BCUT2D eigenvalue weighted by atomic mass is 9.70. The molecule has 4 rings (SSSR count). The maximum absolute atomic E-state index is 14.8. The van der Waals surface area contributed by atoms with E-state index in [1.54, 1.807) is 0 Å². The zero-order valence-electron chi connectivity index (χ0n) is 20.5. The summed E-state index contributed by atoms with van der Waals surface area (Å²) >= 11 is 0. The van der Waals surface area contributed by atoms with E-state index in [4.69, 9.17) is 0 Å². The van der Waals surface area contributed by atoms with Crippen molar-refractivity contribution in [1.82, 2.24) is 9.80 Å². The van der Waals surface area contributed by atoms with Crippen molar-refractivity contribution in [3.63, 3.8) is 0 Å². The molecule has 1 N–H and O–H groups in total. The SMILES string of the molecule is CC(C)CN1C[C@@H](C(=O)N2CC(C)C(O)(c3ccccc3)C(C)C2)[C@H](c2ccc(F)cc2F)C1. The summed E-state index contributed by atoms with van der Waals surface area (Å²) in [5, 5.41) is 11.6. The summed E-state index contributed by atoms with van der Waals surface area (Å²) in [5.74, 6) is -1.83. The predicted molar refractivity (Wildman–Crippen MR) is 129 cm³/mol. The maximum Gasteiger partial charge on any atom is 0.227 e. The summed E-state index contributed by atoms with van der Waals surface area (Å²) in [7, 11) is 0. The summed E-state index contributed by atoms with van der Waals surface area (Å²) in [4.78, 5) is 17.9. The van der Waals surface area contributed by atoms with Crippen LogP contribution in [0.15, 0.2) is 48.5 Å². The van der Waals surface area contributed by atoms with Gasteiger partial charge >= 0.3 is 0 Å². The molecule has 0 saturated carbocycles. The number of hydrogen-bond acceptors (Lipinski definition) is 3. The van der Waals surface area contributed by atoms with Gasteiger partial charge in [0.05, 0.1) is 11.5 Å². The summed E-state index contributed by atoms with van der Waals surface area (Å²) < 4.78 is 28.3. The molecular weight excluding hydrogens is 434 g/mol. The van der Waals surface area contributed by atoms with E-state index < -0.39 is 23.2 Å². The Morgan fingerprint density at radius 2 is 1.68 bits per heavy atom. The summed E-state index contributed by atoms with van der Waals surface area (Å²) in [6.45, 7) is 11.1. The molecule has 2 unspecified atom stereocenters. The molecule has 0 aliphatic carbocycles. The Labute approximate surface area is 201 Å². The second-order valence-corrected chi connectivity index (χ2v) is 10.7. The second-order valence-electron chi connectivity index (χ2n) is 10.7. The molecule has 184 valence electrons. The van der Waals surface area contributed by atoms with Crippen molar-refractivity contribution in [2.24, 2.45) is 23.7 Å². The highest BCUT2D eigenvalue weighted by atomic mass is 19.1. The Morgan fingerprint density at radius 1 is 1.03 bits per heavy atom. The first-order valence-corrected chi connectivity index (χ1v) is 12.3. The zero-order chi connectivity index (χ0) is 24.6. The van der Waals surface area contributed by atoms with E-state index in [0.717, 1.165) is 18.2 Å². The minimum atomic E-state index is -1.01. The standard InChI is InChI=1S/C28H36F2N2O2/c1-18(2)13-31-16-24(23-11-10-22(29)12-26(23)30)25(17-31)27(33)32-14-19(3)28(34,20(4)15-32)21-8-6-5-7-9-21/h5-12,18-20,24-25,34H,13-17H2,1-4H3/t19?,20?,24-,25+,28?/m0/s1. The van der Waals surface area contributed by atoms with Crippen molar-refractivity contribution in [1.29, 1.82) is 0 Å². The normalized spacial score (nSPS) is 30.2. The third-order valence-corrected chi connectivity index (χ3v) is 7.74. The highest BCUT2D eigenvalue weighted by molar-refractivity contribution is 5.81. The molecule has 2 fully saturated rings. The molecule has 0 bridgehead atoms. The van der Waals surface area contributed by atoms with E-state index in [2.05, 4.69) is 18.7 Å². The van der Waals surface area contributed by atoms with Crippen LogP contribution in [0.3, 0.4) is 0 Å². The van der Waals surface area contributed by atoms with Crippen molar-refractivity contribution in [2.45, 2.75) is 39.2 Å². The van der Waals surface area contributed by atoms with Gasteiger partial charge in [0.15, 0.2) is 0 Å². The van der Waals surface area contributed by atoms with Gasteiger partial charge in [0.25, 0.3) is 0 Å². The van der Waals surface area contributed by atoms with Crippen LogP contribution in [0.5, 0.6) is 0 Å². The number of aliphatic hydroxyl groups is 1. The Hall–Kier alpha value is -2.31. The molecule has 4 atom stereocenters. The third-order valence-electron chi connectivity index (χ3n) is 7.74. The highest BCUT2D eigenvalue weighted by Crippen LogP contribution is 2.43. The van der Waals surface area contributed by atoms with Gasteiger partial charge in [-0.2, -0.15) is 0 Å². The topological polar surface area (TPSA) is 43.8 Å². The quantitative estimate of drug-likeness (QED) is 0.693. The first kappa shape index (κ1) is 24.8. The maximum atomic E-state index is 14.8. The molecule has 1 amide bonds. The molecule has 4 nitrogen and oxygen atoms in total. The molecule has 2 aromatic rings. The van der Waals surface area contributed by atoms with Crippen molar-refractivity contribution < 1.29 is 18.7 Å². The fourth-order valence-electron chi connectivity index (χ4n) is 6.11. The summed E-state index contributed by atoms with van der Waals surface area (Å²) in [5.41, 5.74) is 0.266. The lowest BCUT2D eigenvalue weighted by Gasteiger charge is -2.48. The number of carbonyl (C=O) groups excluding carboxylic acids is 1. The molecule has 2 heterocycles. The molecule has 34 heavy (non-hydrogen) atoms. The minimum absolute atomic E-state index is 0.00575. The smallest absolute Gasteiger partial charge is 0.227 e. The lowest BCUT2D eigenvalue weighted by molar-refractivity contribution is -0.152. The van der Waals surface area contributed by atoms with Gasteiger partial charge in [-0.3, -0.25) is 4.79 Å². The van der Waals surface area contributed by atoms with Gasteiger partial charge in [-0.05, 0) is 23.1 Å². The van der Waals surface area contributed by atoms with Crippen LogP contribution in [0.1, 0.15) is 44.7 Å². The predicted octanol–water partition coefficient (Wildman–Crippen LogP) is 4.64. The fourth-order valence-corrected chi connectivity index (χ4v) is 6.11. The Balaban J connectivity index is 1.58. The molecule has 0 spiro atoms. The number of piperidine rings is 1. The number of hydrogen-bond donors (Lipinski definition) is 1. The van der Waals surface area contributed by atoms with Gasteiger partial charge in [-0.1, -0.05) is 64.1 Å². The van der Waals surface area contributed by atoms with E-state index in [1.807, 2.05) is 49.1 Å². The number of amides is 1. The largest absolute Gasteiger partial charge is 0.384 e. The minimum Gasteiger partial charge on any atom is -0.384 e. The Bertz CT molecular complexity index is 1000. The van der Waals surface area contributed by atoms with Gasteiger partial charge in [0.1, 0.15) is 11.6 Å². The van der Waals surface area contributed by atoms with Crippen molar-refractivity contribution in [3.05, 3.63) is 71.3 Å². The van der Waals surface area contributed by atoms with E-state index >= 15 is 0 Å². The van der Waals surface area contributed by atoms with Crippen molar-refractivity contribution in [3.8, 4) is 0 Å². The Morgan fingerprint density at radius 3 is 2.26 bits per heavy atom.